The Balaban J connectivity index is 1.22. The summed E-state index contributed by atoms with van der Waals surface area (Å²) in [5, 5.41) is 20.1. The Morgan fingerprint density at radius 3 is 1.86 bits per heavy atom. The molecule has 8 nitrogen and oxygen atoms in total. The van der Waals surface area contributed by atoms with Crippen molar-refractivity contribution in [3.63, 3.8) is 0 Å². The Morgan fingerprint density at radius 1 is 0.763 bits per heavy atom. The van der Waals surface area contributed by atoms with E-state index in [2.05, 4.69) is 34.6 Å². The van der Waals surface area contributed by atoms with E-state index in [4.69, 9.17) is 32.7 Å². The third-order valence-electron chi connectivity index (χ3n) is 15.6. The zero-order chi connectivity index (χ0) is 43.0. The van der Waals surface area contributed by atoms with Crippen LogP contribution in [-0.2, 0) is 9.59 Å². The monoisotopic (exact) mass is 850 g/mol. The number of carboxylic acids is 2. The molecule has 0 radical (unpaired) electrons. The smallest absolute Gasteiger partial charge is 0.339 e. The number of hydrogen-bond acceptors (Lipinski definition) is 6. The Bertz CT molecular complexity index is 1880. The van der Waals surface area contributed by atoms with Crippen molar-refractivity contribution in [1.82, 2.24) is 0 Å². The number of hydrogen-bond donors (Lipinski definition) is 2. The molecule has 0 heterocycles. The van der Waals surface area contributed by atoms with Gasteiger partial charge in [0.2, 0.25) is 0 Å². The third kappa shape index (κ3) is 9.44. The van der Waals surface area contributed by atoms with Crippen molar-refractivity contribution in [2.45, 2.75) is 138 Å². The Hall–Kier alpha value is -3.36. The number of carbonyl (C=O) groups is 4. The number of halogens is 2. The Kier molecular flexibility index (Phi) is 14.0. The summed E-state index contributed by atoms with van der Waals surface area (Å²) in [5.41, 5.74) is 1.49. The van der Waals surface area contributed by atoms with Gasteiger partial charge in [0, 0.05) is 13.8 Å². The molecule has 2 N–H and O–H groups in total. The number of carboxylic acid groups (broad SMARTS) is 2. The van der Waals surface area contributed by atoms with Crippen LogP contribution in [0.1, 0.15) is 170 Å². The summed E-state index contributed by atoms with van der Waals surface area (Å²) >= 11 is 13.1. The van der Waals surface area contributed by atoms with E-state index in [9.17, 15) is 29.4 Å². The number of benzene rings is 2. The molecule has 0 amide bonds. The minimum Gasteiger partial charge on any atom is -0.478 e. The van der Waals surface area contributed by atoms with Crippen molar-refractivity contribution in [3.8, 4) is 11.5 Å². The van der Waals surface area contributed by atoms with Crippen LogP contribution < -0.4 is 9.47 Å². The van der Waals surface area contributed by atoms with Crippen LogP contribution >= 0.6 is 23.2 Å². The van der Waals surface area contributed by atoms with E-state index in [1.54, 1.807) is 0 Å². The van der Waals surface area contributed by atoms with Crippen LogP contribution in [-0.4, -0.2) is 34.1 Å². The number of allylic oxidation sites excluding steroid dienone is 1. The van der Waals surface area contributed by atoms with E-state index in [1.165, 1.54) is 94.9 Å². The average molecular weight is 852 g/mol. The molecule has 4 saturated carbocycles. The van der Waals surface area contributed by atoms with Crippen LogP contribution in [0.3, 0.4) is 0 Å². The lowest BCUT2D eigenvalue weighted by molar-refractivity contribution is -0.132. The van der Waals surface area contributed by atoms with Gasteiger partial charge in [-0.3, -0.25) is 9.59 Å². The van der Waals surface area contributed by atoms with Gasteiger partial charge in [-0.05, 0) is 170 Å². The molecule has 6 rings (SSSR count). The molecule has 9 atom stereocenters. The van der Waals surface area contributed by atoms with Crippen molar-refractivity contribution in [3.05, 3.63) is 62.6 Å². The molecule has 4 fully saturated rings. The minimum atomic E-state index is -1.35. The Morgan fingerprint density at radius 2 is 1.32 bits per heavy atom. The predicted octanol–water partition coefficient (Wildman–Crippen LogP) is 13.2. The van der Waals surface area contributed by atoms with E-state index in [-0.39, 0.29) is 32.7 Å². The number of aromatic carboxylic acids is 2. The standard InChI is InChI=1S/C49H64Cl2O8/c1-27(2)10-8-11-28(3)39-16-17-40-36-15-14-34-22-31(18-20-48(34,6)41(36)19-21-49(39,40)7)12-9-13-35(32-23-37(46(54)55)44(42(50)25-32)58-29(4)52)33-24-38(47(56)57)45(43(51)26-33)59-30(5)53/h13,23-28,31,34,36,39-41H,8-12,14-22H2,1-7H3,(H,54,55)(H,56,57). The second-order valence-corrected chi connectivity index (χ2v) is 20.3. The number of esters is 2. The molecule has 0 saturated heterocycles. The maximum absolute atomic E-state index is 12.4. The van der Waals surface area contributed by atoms with Gasteiger partial charge in [-0.2, -0.15) is 0 Å². The third-order valence-corrected chi connectivity index (χ3v) is 16.1. The topological polar surface area (TPSA) is 127 Å². The van der Waals surface area contributed by atoms with Gasteiger partial charge in [-0.1, -0.05) is 83.2 Å². The molecule has 322 valence electrons. The number of rotatable bonds is 14. The molecule has 0 spiro atoms. The zero-order valence-electron chi connectivity index (χ0n) is 36.0. The lowest BCUT2D eigenvalue weighted by Gasteiger charge is -2.61. The number of fused-ring (bicyclic) bond motifs is 5. The minimum absolute atomic E-state index is 0.0865. The van der Waals surface area contributed by atoms with Gasteiger partial charge >= 0.3 is 23.9 Å². The fourth-order valence-corrected chi connectivity index (χ4v) is 13.3. The Labute approximate surface area is 360 Å². The maximum atomic E-state index is 12.4. The second-order valence-electron chi connectivity index (χ2n) is 19.5. The summed E-state index contributed by atoms with van der Waals surface area (Å²) in [6, 6.07) is 5.75. The molecule has 0 aromatic heterocycles. The lowest BCUT2D eigenvalue weighted by atomic mass is 9.44. The van der Waals surface area contributed by atoms with Gasteiger partial charge in [0.05, 0.1) is 10.0 Å². The highest BCUT2D eigenvalue weighted by atomic mass is 35.5. The molecule has 10 heteroatoms. The summed E-state index contributed by atoms with van der Waals surface area (Å²) in [7, 11) is 0. The van der Waals surface area contributed by atoms with Crippen molar-refractivity contribution in [2.75, 3.05) is 0 Å². The van der Waals surface area contributed by atoms with E-state index in [1.807, 2.05) is 6.08 Å². The van der Waals surface area contributed by atoms with Crippen LogP contribution in [0.5, 0.6) is 11.5 Å². The summed E-state index contributed by atoms with van der Waals surface area (Å²) in [6.45, 7) is 14.9. The molecule has 9 unspecified atom stereocenters. The molecular formula is C49H64Cl2O8. The van der Waals surface area contributed by atoms with Crippen LogP contribution in [0.25, 0.3) is 5.57 Å². The fraction of sp³-hybridized carbons (Fsp3) is 0.633. The van der Waals surface area contributed by atoms with Gasteiger partial charge in [0.25, 0.3) is 0 Å². The molecule has 2 aromatic carbocycles. The maximum Gasteiger partial charge on any atom is 0.339 e. The molecule has 2 aromatic rings. The highest BCUT2D eigenvalue weighted by Gasteiger charge is 2.60. The first kappa shape index (κ1) is 45.2. The van der Waals surface area contributed by atoms with Gasteiger partial charge in [0.1, 0.15) is 11.1 Å². The normalized spacial score (nSPS) is 29.1. The SMILES string of the molecule is CC(=O)Oc1c(Cl)cc(C(=CCCC2CCC3(C)C(CCC4C3CCC3(C)C(C(C)CCCC(C)C)CCC43)C2)c2cc(Cl)c(OC(C)=O)c(C(=O)O)c2)cc1C(=O)O. The van der Waals surface area contributed by atoms with Crippen molar-refractivity contribution in [1.29, 1.82) is 0 Å². The van der Waals surface area contributed by atoms with Crippen LogP contribution in [0.2, 0.25) is 10.0 Å². The van der Waals surface area contributed by atoms with Gasteiger partial charge in [-0.15, -0.1) is 0 Å². The van der Waals surface area contributed by atoms with Crippen LogP contribution in [0.4, 0.5) is 0 Å². The molecular weight excluding hydrogens is 787 g/mol. The van der Waals surface area contributed by atoms with E-state index >= 15 is 0 Å². The molecule has 4 aliphatic rings. The van der Waals surface area contributed by atoms with Gasteiger partial charge in [0.15, 0.2) is 11.5 Å². The highest BCUT2D eigenvalue weighted by molar-refractivity contribution is 6.33. The summed E-state index contributed by atoms with van der Waals surface area (Å²) < 4.78 is 10.4. The average Bonchev–Trinajstić information content (AvgIpc) is 3.51. The van der Waals surface area contributed by atoms with Gasteiger partial charge < -0.3 is 19.7 Å². The quantitative estimate of drug-likeness (QED) is 0.142. The largest absolute Gasteiger partial charge is 0.478 e. The number of carbonyl (C=O) groups excluding carboxylic acids is 2. The fourth-order valence-electron chi connectivity index (χ4n) is 12.8. The molecule has 4 aliphatic carbocycles. The van der Waals surface area contributed by atoms with Crippen molar-refractivity contribution in [2.24, 2.45) is 58.2 Å². The van der Waals surface area contributed by atoms with E-state index < -0.39 is 23.9 Å². The first-order valence-corrected chi connectivity index (χ1v) is 22.8. The van der Waals surface area contributed by atoms with E-state index in [0.717, 1.165) is 62.2 Å². The predicted molar refractivity (Wildman–Crippen MR) is 232 cm³/mol. The molecule has 0 aliphatic heterocycles. The summed E-state index contributed by atoms with van der Waals surface area (Å²) in [4.78, 5) is 48.5. The van der Waals surface area contributed by atoms with Crippen LogP contribution in [0, 0.1) is 58.2 Å². The molecule has 59 heavy (non-hydrogen) atoms. The number of ether oxygens (including phenoxy) is 2. The van der Waals surface area contributed by atoms with Gasteiger partial charge in [-0.25, -0.2) is 9.59 Å². The lowest BCUT2D eigenvalue weighted by Crippen LogP contribution is -2.53. The first-order chi connectivity index (χ1) is 27.8. The summed E-state index contributed by atoms with van der Waals surface area (Å²) in [6.07, 6.45) is 19.4. The van der Waals surface area contributed by atoms with Crippen molar-refractivity contribution < 1.29 is 38.9 Å². The highest BCUT2D eigenvalue weighted by Crippen LogP contribution is 2.69. The van der Waals surface area contributed by atoms with Crippen molar-refractivity contribution >= 4 is 52.7 Å². The second kappa shape index (κ2) is 18.3. The molecule has 0 bridgehead atoms. The van der Waals surface area contributed by atoms with E-state index in [0.29, 0.717) is 45.8 Å². The van der Waals surface area contributed by atoms with Crippen LogP contribution in [0.15, 0.2) is 30.3 Å². The first-order valence-electron chi connectivity index (χ1n) is 22.0. The summed E-state index contributed by atoms with van der Waals surface area (Å²) in [5.74, 6) is 1.48. The zero-order valence-corrected chi connectivity index (χ0v) is 37.5.